The van der Waals surface area contributed by atoms with E-state index in [-0.39, 0.29) is 18.0 Å². The van der Waals surface area contributed by atoms with Crippen molar-refractivity contribution in [2.24, 2.45) is 0 Å². The first-order valence-corrected chi connectivity index (χ1v) is 8.89. The van der Waals surface area contributed by atoms with Gasteiger partial charge in [-0.1, -0.05) is 6.07 Å². The lowest BCUT2D eigenvalue weighted by molar-refractivity contribution is -0.384. The fourth-order valence-electron chi connectivity index (χ4n) is 3.08. The first-order chi connectivity index (χ1) is 13.6. The molecule has 0 saturated heterocycles. The van der Waals surface area contributed by atoms with Crippen LogP contribution in [0.5, 0.6) is 0 Å². The van der Waals surface area contributed by atoms with E-state index in [2.05, 4.69) is 15.4 Å². The van der Waals surface area contributed by atoms with Gasteiger partial charge in [0.2, 0.25) is 5.91 Å². The minimum absolute atomic E-state index is 0.00570. The van der Waals surface area contributed by atoms with E-state index in [0.717, 1.165) is 16.7 Å². The summed E-state index contributed by atoms with van der Waals surface area (Å²) in [6.07, 6.45) is 6.41. The molecule has 0 unspecified atom stereocenters. The molecule has 4 aromatic rings. The highest BCUT2D eigenvalue weighted by molar-refractivity contribution is 5.81. The average Bonchev–Trinajstić information content (AvgIpc) is 3.29. The Balaban J connectivity index is 1.31. The van der Waals surface area contributed by atoms with Crippen LogP contribution in [0.15, 0.2) is 55.0 Å². The first-order valence-electron chi connectivity index (χ1n) is 8.89. The quantitative estimate of drug-likeness (QED) is 0.392. The van der Waals surface area contributed by atoms with Crippen molar-refractivity contribution < 1.29 is 9.72 Å². The third-order valence-electron chi connectivity index (χ3n) is 4.51. The molecule has 0 atom stereocenters. The van der Waals surface area contributed by atoms with Crippen molar-refractivity contribution in [3.63, 3.8) is 0 Å². The maximum atomic E-state index is 12.1. The van der Waals surface area contributed by atoms with Crippen LogP contribution >= 0.6 is 0 Å². The van der Waals surface area contributed by atoms with Gasteiger partial charge in [-0.05, 0) is 18.2 Å². The number of non-ortho nitro benzene ring substituents is 1. The lowest BCUT2D eigenvalue weighted by atomic mass is 10.2. The molecule has 0 fully saturated rings. The molecule has 0 spiro atoms. The van der Waals surface area contributed by atoms with Crippen LogP contribution in [0.25, 0.3) is 16.6 Å². The Labute approximate surface area is 159 Å². The van der Waals surface area contributed by atoms with E-state index in [9.17, 15) is 14.9 Å². The van der Waals surface area contributed by atoms with Crippen molar-refractivity contribution in [1.29, 1.82) is 0 Å². The molecule has 0 saturated carbocycles. The van der Waals surface area contributed by atoms with E-state index in [4.69, 9.17) is 0 Å². The summed E-state index contributed by atoms with van der Waals surface area (Å²) in [6, 6.07) is 10.4. The summed E-state index contributed by atoms with van der Waals surface area (Å²) in [7, 11) is 0. The van der Waals surface area contributed by atoms with Gasteiger partial charge in [0.25, 0.3) is 5.69 Å². The molecule has 4 rings (SSSR count). The number of rotatable bonds is 7. The number of nitrogens with zero attached hydrogens (tertiary/aromatic N) is 5. The first kappa shape index (κ1) is 17.7. The van der Waals surface area contributed by atoms with E-state index in [1.165, 1.54) is 12.1 Å². The molecule has 0 aliphatic heterocycles. The number of aryl methyl sites for hydroxylation is 1. The minimum Gasteiger partial charge on any atom is -0.356 e. The van der Waals surface area contributed by atoms with Gasteiger partial charge in [-0.25, -0.2) is 4.98 Å². The van der Waals surface area contributed by atoms with Crippen molar-refractivity contribution in [3.05, 3.63) is 70.8 Å². The van der Waals surface area contributed by atoms with Crippen molar-refractivity contribution in [3.8, 4) is 0 Å². The van der Waals surface area contributed by atoms with Crippen LogP contribution in [0.4, 0.5) is 5.69 Å². The number of amides is 1. The zero-order chi connectivity index (χ0) is 19.5. The van der Waals surface area contributed by atoms with Gasteiger partial charge in [0.1, 0.15) is 5.65 Å². The van der Waals surface area contributed by atoms with E-state index >= 15 is 0 Å². The highest BCUT2D eigenvalue weighted by Crippen LogP contribution is 2.20. The van der Waals surface area contributed by atoms with E-state index in [1.54, 1.807) is 16.9 Å². The third-order valence-corrected chi connectivity index (χ3v) is 4.51. The van der Waals surface area contributed by atoms with E-state index in [0.29, 0.717) is 25.0 Å². The second-order valence-electron chi connectivity index (χ2n) is 6.42. The molecule has 1 aromatic carbocycles. The highest BCUT2D eigenvalue weighted by atomic mass is 16.6. The van der Waals surface area contributed by atoms with Gasteiger partial charge >= 0.3 is 0 Å². The molecule has 1 N–H and O–H groups in total. The number of aromatic nitrogens is 4. The Kier molecular flexibility index (Phi) is 4.71. The van der Waals surface area contributed by atoms with E-state index in [1.807, 2.05) is 35.0 Å². The second-order valence-corrected chi connectivity index (χ2v) is 6.42. The number of benzene rings is 1. The Bertz CT molecular complexity index is 1130. The zero-order valence-electron chi connectivity index (χ0n) is 15.0. The number of hydrogen-bond donors (Lipinski definition) is 1. The molecule has 0 aliphatic rings. The van der Waals surface area contributed by atoms with Crippen LogP contribution in [0.3, 0.4) is 0 Å². The number of nitro groups is 1. The van der Waals surface area contributed by atoms with Gasteiger partial charge in [-0.2, -0.15) is 5.10 Å². The number of carbonyl (C=O) groups is 1. The number of pyridine rings is 1. The lowest BCUT2D eigenvalue weighted by Gasteiger charge is -2.05. The molecule has 3 heterocycles. The maximum Gasteiger partial charge on any atom is 0.271 e. The minimum atomic E-state index is -0.442. The highest BCUT2D eigenvalue weighted by Gasteiger charge is 2.11. The fourth-order valence-corrected chi connectivity index (χ4v) is 3.08. The van der Waals surface area contributed by atoms with Gasteiger partial charge in [-0.3, -0.25) is 19.6 Å². The Morgan fingerprint density at radius 3 is 2.96 bits per heavy atom. The molecule has 1 amide bonds. The normalized spacial score (nSPS) is 11.1. The summed E-state index contributed by atoms with van der Waals surface area (Å²) in [5.74, 6) is -0.0992. The van der Waals surface area contributed by atoms with Crippen molar-refractivity contribution in [2.45, 2.75) is 19.4 Å². The fraction of sp³-hybridized carbons (Fsp3) is 0.211. The SMILES string of the molecule is O=C(CCn1ncc2ccc([N+](=O)[O-])cc21)NCCc1cn2ccccc2n1. The van der Waals surface area contributed by atoms with Crippen LogP contribution < -0.4 is 5.32 Å². The topological polar surface area (TPSA) is 107 Å². The average molecular weight is 378 g/mol. The summed E-state index contributed by atoms with van der Waals surface area (Å²) >= 11 is 0. The predicted molar refractivity (Wildman–Crippen MR) is 103 cm³/mol. The van der Waals surface area contributed by atoms with Crippen molar-refractivity contribution >= 4 is 28.1 Å². The second kappa shape index (κ2) is 7.47. The number of nitrogens with one attached hydrogen (secondary N) is 1. The summed E-state index contributed by atoms with van der Waals surface area (Å²) in [5.41, 5.74) is 2.44. The number of hydrogen-bond acceptors (Lipinski definition) is 5. The third kappa shape index (κ3) is 3.68. The molecule has 0 bridgehead atoms. The molecular formula is C19H18N6O3. The van der Waals surface area contributed by atoms with Crippen LogP contribution in [0.2, 0.25) is 0 Å². The smallest absolute Gasteiger partial charge is 0.271 e. The number of carbonyl (C=O) groups excluding carboxylic acids is 1. The van der Waals surface area contributed by atoms with Crippen molar-refractivity contribution in [2.75, 3.05) is 6.54 Å². The van der Waals surface area contributed by atoms with Crippen LogP contribution in [-0.2, 0) is 17.8 Å². The van der Waals surface area contributed by atoms with Crippen molar-refractivity contribution in [1.82, 2.24) is 24.5 Å². The van der Waals surface area contributed by atoms with Gasteiger partial charge in [0, 0.05) is 49.3 Å². The number of fused-ring (bicyclic) bond motifs is 2. The van der Waals surface area contributed by atoms with Crippen LogP contribution in [0.1, 0.15) is 12.1 Å². The molecule has 9 heteroatoms. The largest absolute Gasteiger partial charge is 0.356 e. The predicted octanol–water partition coefficient (Wildman–Crippen LogP) is 2.34. The monoisotopic (exact) mass is 378 g/mol. The molecule has 9 nitrogen and oxygen atoms in total. The summed E-state index contributed by atoms with van der Waals surface area (Å²) in [6.45, 7) is 0.846. The molecule has 0 radical (unpaired) electrons. The van der Waals surface area contributed by atoms with Gasteiger partial charge in [0.15, 0.2) is 0 Å². The van der Waals surface area contributed by atoms with Crippen LogP contribution in [0, 0.1) is 10.1 Å². The Morgan fingerprint density at radius 1 is 1.25 bits per heavy atom. The molecular weight excluding hydrogens is 360 g/mol. The molecule has 28 heavy (non-hydrogen) atoms. The number of imidazole rings is 1. The summed E-state index contributed by atoms with van der Waals surface area (Å²) in [4.78, 5) is 27.1. The lowest BCUT2D eigenvalue weighted by Crippen LogP contribution is -2.26. The zero-order valence-corrected chi connectivity index (χ0v) is 15.0. The Hall–Kier alpha value is -3.75. The van der Waals surface area contributed by atoms with Gasteiger partial charge in [0.05, 0.1) is 28.9 Å². The molecule has 0 aliphatic carbocycles. The van der Waals surface area contributed by atoms with Gasteiger partial charge < -0.3 is 9.72 Å². The number of nitro benzene ring substituents is 1. The van der Waals surface area contributed by atoms with Crippen LogP contribution in [-0.4, -0.2) is 36.5 Å². The maximum absolute atomic E-state index is 12.1. The Morgan fingerprint density at radius 2 is 2.14 bits per heavy atom. The summed E-state index contributed by atoms with van der Waals surface area (Å²) in [5, 5.41) is 18.8. The van der Waals surface area contributed by atoms with E-state index < -0.39 is 4.92 Å². The standard InChI is InChI=1S/C19H18N6O3/c26-19(20-8-6-15-13-23-9-2-1-3-18(23)22-15)7-10-24-17-11-16(25(27)28)5-4-14(17)12-21-24/h1-5,9,11-13H,6-8,10H2,(H,20,26). The van der Waals surface area contributed by atoms with Gasteiger partial charge in [-0.15, -0.1) is 0 Å². The summed E-state index contributed by atoms with van der Waals surface area (Å²) < 4.78 is 3.56. The molecule has 142 valence electrons. The molecule has 3 aromatic heterocycles.